The van der Waals surface area contributed by atoms with Crippen LogP contribution in [0.25, 0.3) is 0 Å². The number of aryl methyl sites for hydroxylation is 1. The van der Waals surface area contributed by atoms with Crippen LogP contribution in [0.3, 0.4) is 0 Å². The van der Waals surface area contributed by atoms with Crippen molar-refractivity contribution in [2.24, 2.45) is 7.05 Å². The first-order valence-corrected chi connectivity index (χ1v) is 7.87. The Morgan fingerprint density at radius 1 is 1.12 bits per heavy atom. The van der Waals surface area contributed by atoms with Crippen LogP contribution in [0.1, 0.15) is 28.8 Å². The average Bonchev–Trinajstić information content (AvgIpc) is 3.35. The predicted octanol–water partition coefficient (Wildman–Crippen LogP) is 1.46. The van der Waals surface area contributed by atoms with Gasteiger partial charge in [-0.25, -0.2) is 0 Å². The van der Waals surface area contributed by atoms with Crippen LogP contribution in [0.4, 0.5) is 5.69 Å². The summed E-state index contributed by atoms with van der Waals surface area (Å²) in [4.78, 5) is 35.3. The molecule has 0 spiro atoms. The van der Waals surface area contributed by atoms with Crippen LogP contribution in [0.15, 0.2) is 47.4 Å². The van der Waals surface area contributed by atoms with E-state index < -0.39 is 0 Å². The molecule has 0 aliphatic heterocycles. The van der Waals surface area contributed by atoms with Crippen molar-refractivity contribution in [1.82, 2.24) is 9.88 Å². The van der Waals surface area contributed by atoms with Gasteiger partial charge in [-0.3, -0.25) is 14.4 Å². The van der Waals surface area contributed by atoms with Gasteiger partial charge in [0.1, 0.15) is 0 Å². The third kappa shape index (κ3) is 4.10. The van der Waals surface area contributed by atoms with E-state index >= 15 is 0 Å². The van der Waals surface area contributed by atoms with E-state index in [2.05, 4.69) is 10.6 Å². The SMILES string of the molecule is Cn1cc(C(=O)Nc2ccc(CC(=O)NC3CC3)cc2)ccc1=O. The number of anilines is 1. The Kier molecular flexibility index (Phi) is 4.46. The highest BCUT2D eigenvalue weighted by molar-refractivity contribution is 6.04. The number of amides is 2. The fourth-order valence-corrected chi connectivity index (χ4v) is 2.33. The minimum Gasteiger partial charge on any atom is -0.353 e. The third-order valence-electron chi connectivity index (χ3n) is 3.87. The Morgan fingerprint density at radius 2 is 1.83 bits per heavy atom. The molecule has 2 aromatic rings. The normalized spacial score (nSPS) is 13.4. The van der Waals surface area contributed by atoms with Gasteiger partial charge in [0.05, 0.1) is 12.0 Å². The molecule has 3 rings (SSSR count). The minimum atomic E-state index is -0.287. The van der Waals surface area contributed by atoms with E-state index in [0.29, 0.717) is 23.7 Å². The molecule has 1 aromatic carbocycles. The maximum Gasteiger partial charge on any atom is 0.257 e. The number of aromatic nitrogens is 1. The topological polar surface area (TPSA) is 80.2 Å². The quantitative estimate of drug-likeness (QED) is 0.873. The number of nitrogens with zero attached hydrogens (tertiary/aromatic N) is 1. The molecule has 0 radical (unpaired) electrons. The molecule has 1 fully saturated rings. The van der Waals surface area contributed by atoms with E-state index in [9.17, 15) is 14.4 Å². The lowest BCUT2D eigenvalue weighted by atomic mass is 10.1. The molecule has 1 heterocycles. The van der Waals surface area contributed by atoms with Crippen molar-refractivity contribution < 1.29 is 9.59 Å². The zero-order valence-corrected chi connectivity index (χ0v) is 13.4. The van der Waals surface area contributed by atoms with Crippen molar-refractivity contribution in [1.29, 1.82) is 0 Å². The maximum absolute atomic E-state index is 12.2. The Balaban J connectivity index is 1.60. The van der Waals surface area contributed by atoms with Crippen molar-refractivity contribution in [2.75, 3.05) is 5.32 Å². The number of rotatable bonds is 5. The van der Waals surface area contributed by atoms with Gasteiger partial charge in [0, 0.05) is 31.0 Å². The van der Waals surface area contributed by atoms with Gasteiger partial charge in [0.25, 0.3) is 5.91 Å². The molecule has 0 saturated heterocycles. The number of hydrogen-bond acceptors (Lipinski definition) is 3. The van der Waals surface area contributed by atoms with E-state index in [0.717, 1.165) is 18.4 Å². The first-order valence-electron chi connectivity index (χ1n) is 7.87. The number of benzene rings is 1. The van der Waals surface area contributed by atoms with Gasteiger partial charge in [-0.1, -0.05) is 12.1 Å². The molecule has 124 valence electrons. The summed E-state index contributed by atoms with van der Waals surface area (Å²) in [6.45, 7) is 0. The van der Waals surface area contributed by atoms with Gasteiger partial charge < -0.3 is 15.2 Å². The second-order valence-corrected chi connectivity index (χ2v) is 6.04. The van der Waals surface area contributed by atoms with E-state index in [-0.39, 0.29) is 17.4 Å². The highest BCUT2D eigenvalue weighted by Crippen LogP contribution is 2.19. The van der Waals surface area contributed by atoms with Crippen LogP contribution in [0.2, 0.25) is 0 Å². The smallest absolute Gasteiger partial charge is 0.257 e. The Morgan fingerprint density at radius 3 is 2.46 bits per heavy atom. The van der Waals surface area contributed by atoms with Gasteiger partial charge in [0.2, 0.25) is 11.5 Å². The highest BCUT2D eigenvalue weighted by atomic mass is 16.2. The molecule has 0 atom stereocenters. The zero-order chi connectivity index (χ0) is 17.1. The number of hydrogen-bond donors (Lipinski definition) is 2. The second-order valence-electron chi connectivity index (χ2n) is 6.04. The van der Waals surface area contributed by atoms with E-state index in [4.69, 9.17) is 0 Å². The molecule has 24 heavy (non-hydrogen) atoms. The summed E-state index contributed by atoms with van der Waals surface area (Å²) in [6, 6.07) is 10.4. The summed E-state index contributed by atoms with van der Waals surface area (Å²) in [5.74, 6) is -0.260. The van der Waals surface area contributed by atoms with Crippen molar-refractivity contribution in [3.63, 3.8) is 0 Å². The van der Waals surface area contributed by atoms with Crippen LogP contribution in [0, 0.1) is 0 Å². The fraction of sp³-hybridized carbons (Fsp3) is 0.278. The Hall–Kier alpha value is -2.89. The Bertz CT molecular complexity index is 820. The molecular weight excluding hydrogens is 306 g/mol. The predicted molar refractivity (Wildman–Crippen MR) is 90.9 cm³/mol. The van der Waals surface area contributed by atoms with E-state index in [1.165, 1.54) is 22.9 Å². The van der Waals surface area contributed by atoms with Crippen LogP contribution in [-0.4, -0.2) is 22.4 Å². The molecule has 0 bridgehead atoms. The van der Waals surface area contributed by atoms with Crippen LogP contribution in [-0.2, 0) is 18.3 Å². The van der Waals surface area contributed by atoms with Gasteiger partial charge in [-0.2, -0.15) is 0 Å². The molecule has 0 unspecified atom stereocenters. The van der Waals surface area contributed by atoms with E-state index in [1.807, 2.05) is 12.1 Å². The number of carbonyl (C=O) groups excluding carboxylic acids is 2. The van der Waals surface area contributed by atoms with Crippen LogP contribution < -0.4 is 16.2 Å². The molecule has 1 saturated carbocycles. The monoisotopic (exact) mass is 325 g/mol. The number of pyridine rings is 1. The third-order valence-corrected chi connectivity index (χ3v) is 3.87. The maximum atomic E-state index is 12.2. The molecule has 1 aromatic heterocycles. The molecule has 6 heteroatoms. The average molecular weight is 325 g/mol. The summed E-state index contributed by atoms with van der Waals surface area (Å²) in [5, 5.41) is 5.72. The molecular formula is C18H19N3O3. The van der Waals surface area contributed by atoms with E-state index in [1.54, 1.807) is 19.2 Å². The van der Waals surface area contributed by atoms with Crippen molar-refractivity contribution >= 4 is 17.5 Å². The largest absolute Gasteiger partial charge is 0.353 e. The summed E-state index contributed by atoms with van der Waals surface area (Å²) in [7, 11) is 1.60. The van der Waals surface area contributed by atoms with Gasteiger partial charge in [-0.15, -0.1) is 0 Å². The lowest BCUT2D eigenvalue weighted by Gasteiger charge is -2.08. The lowest BCUT2D eigenvalue weighted by molar-refractivity contribution is -0.120. The minimum absolute atomic E-state index is 0.0273. The first-order chi connectivity index (χ1) is 11.5. The molecule has 1 aliphatic rings. The van der Waals surface area contributed by atoms with Crippen LogP contribution >= 0.6 is 0 Å². The van der Waals surface area contributed by atoms with Crippen LogP contribution in [0.5, 0.6) is 0 Å². The lowest BCUT2D eigenvalue weighted by Crippen LogP contribution is -2.26. The number of nitrogens with one attached hydrogen (secondary N) is 2. The van der Waals surface area contributed by atoms with Crippen molar-refractivity contribution in [3.05, 3.63) is 64.1 Å². The van der Waals surface area contributed by atoms with Crippen molar-refractivity contribution in [2.45, 2.75) is 25.3 Å². The van der Waals surface area contributed by atoms with Gasteiger partial charge in [-0.05, 0) is 36.6 Å². The molecule has 2 N–H and O–H groups in total. The van der Waals surface area contributed by atoms with Crippen molar-refractivity contribution in [3.8, 4) is 0 Å². The summed E-state index contributed by atoms with van der Waals surface area (Å²) in [6.07, 6.45) is 3.98. The highest BCUT2D eigenvalue weighted by Gasteiger charge is 2.23. The molecule has 6 nitrogen and oxygen atoms in total. The summed E-state index contributed by atoms with van der Waals surface area (Å²) in [5.41, 5.74) is 1.78. The zero-order valence-electron chi connectivity index (χ0n) is 13.4. The molecule has 1 aliphatic carbocycles. The number of carbonyl (C=O) groups is 2. The second kappa shape index (κ2) is 6.70. The van der Waals surface area contributed by atoms with Gasteiger partial charge >= 0.3 is 0 Å². The standard InChI is InChI=1S/C18H19N3O3/c1-21-11-13(4-9-17(21)23)18(24)20-15-5-2-12(3-6-15)10-16(22)19-14-7-8-14/h2-6,9,11,14H,7-8,10H2,1H3,(H,19,22)(H,20,24). The Labute approximate surface area is 139 Å². The molecule has 2 amide bonds. The fourth-order valence-electron chi connectivity index (χ4n) is 2.33. The summed E-state index contributed by atoms with van der Waals surface area (Å²) >= 11 is 0. The summed E-state index contributed by atoms with van der Waals surface area (Å²) < 4.78 is 1.36. The first kappa shape index (κ1) is 16.0. The van der Waals surface area contributed by atoms with Gasteiger partial charge in [0.15, 0.2) is 0 Å².